The maximum atomic E-state index is 9.20. The molecule has 0 aliphatic heterocycles. The van der Waals surface area contributed by atoms with Crippen molar-refractivity contribution < 1.29 is 14.3 Å². The summed E-state index contributed by atoms with van der Waals surface area (Å²) in [6.07, 6.45) is 3.18. The minimum atomic E-state index is 0.0242. The first kappa shape index (κ1) is 26.6. The molecule has 9 nitrogen and oxygen atoms in total. The molecule has 3 N–H and O–H groups in total. The number of nitrogens with zero attached hydrogens (tertiary/aromatic N) is 4. The quantitative estimate of drug-likeness (QED) is 0.192. The lowest BCUT2D eigenvalue weighted by atomic mass is 9.96. The minimum Gasteiger partial charge on any atom is -0.489 e. The molecule has 0 aliphatic carbocycles. The van der Waals surface area contributed by atoms with Gasteiger partial charge in [-0.15, -0.1) is 5.10 Å². The fraction of sp³-hybridized carbons (Fsp3) is 0.161. The number of nitriles is 1. The second-order valence-electron chi connectivity index (χ2n) is 9.09. The highest BCUT2D eigenvalue weighted by Gasteiger charge is 2.15. The molecule has 0 saturated carbocycles. The molecule has 0 saturated heterocycles. The topological polar surface area (TPSA) is 129 Å². The van der Waals surface area contributed by atoms with Crippen LogP contribution in [0.15, 0.2) is 89.6 Å². The van der Waals surface area contributed by atoms with Gasteiger partial charge in [-0.25, -0.2) is 0 Å². The van der Waals surface area contributed by atoms with Gasteiger partial charge in [-0.3, -0.25) is 4.98 Å². The lowest BCUT2D eigenvalue weighted by Crippen LogP contribution is -2.18. The predicted molar refractivity (Wildman–Crippen MR) is 152 cm³/mol. The molecule has 0 fully saturated rings. The third kappa shape index (κ3) is 6.32. The summed E-state index contributed by atoms with van der Waals surface area (Å²) in [5.41, 5.74) is 7.04. The number of aliphatic hydroxyl groups excluding tert-OH is 1. The summed E-state index contributed by atoms with van der Waals surface area (Å²) in [7, 11) is 0. The van der Waals surface area contributed by atoms with Crippen molar-refractivity contribution in [1.29, 1.82) is 5.26 Å². The average Bonchev–Trinajstić information content (AvgIpc) is 3.45. The molecule has 3 aromatic carbocycles. The van der Waals surface area contributed by atoms with Crippen LogP contribution in [0.3, 0.4) is 0 Å². The van der Waals surface area contributed by atoms with Crippen LogP contribution < -0.4 is 15.4 Å². The SMILES string of the molecule is Cc1c(-c2ccccc2)cccc1-c1nnc(Nc2ccc(OCc3cncc(C#N)c3)c(CNCCO)c2)o1. The van der Waals surface area contributed by atoms with Gasteiger partial charge in [-0.05, 0) is 53.9 Å². The van der Waals surface area contributed by atoms with Gasteiger partial charge < -0.3 is 24.9 Å². The number of hydrogen-bond acceptors (Lipinski definition) is 9. The highest BCUT2D eigenvalue weighted by atomic mass is 16.5. The summed E-state index contributed by atoms with van der Waals surface area (Å²) >= 11 is 0. The van der Waals surface area contributed by atoms with Crippen LogP contribution in [0.5, 0.6) is 5.75 Å². The van der Waals surface area contributed by atoms with Gasteiger partial charge in [-0.1, -0.05) is 47.6 Å². The van der Waals surface area contributed by atoms with Crippen molar-refractivity contribution in [2.75, 3.05) is 18.5 Å². The molecule has 0 atom stereocenters. The van der Waals surface area contributed by atoms with E-state index in [0.717, 1.165) is 39.1 Å². The average molecular weight is 533 g/mol. The van der Waals surface area contributed by atoms with E-state index in [1.54, 1.807) is 12.3 Å². The van der Waals surface area contributed by atoms with Crippen molar-refractivity contribution >= 4 is 11.7 Å². The van der Waals surface area contributed by atoms with Gasteiger partial charge in [-0.2, -0.15) is 5.26 Å². The van der Waals surface area contributed by atoms with E-state index in [2.05, 4.69) is 50.1 Å². The Labute approximate surface area is 232 Å². The van der Waals surface area contributed by atoms with E-state index < -0.39 is 0 Å². The third-order valence-electron chi connectivity index (χ3n) is 6.31. The van der Waals surface area contributed by atoms with E-state index in [1.807, 2.05) is 55.5 Å². The summed E-state index contributed by atoms with van der Waals surface area (Å²) in [4.78, 5) is 4.09. The summed E-state index contributed by atoms with van der Waals surface area (Å²) in [5, 5.41) is 33.2. The smallest absolute Gasteiger partial charge is 0.320 e. The van der Waals surface area contributed by atoms with Crippen LogP contribution in [-0.4, -0.2) is 33.4 Å². The molecule has 0 aliphatic rings. The first-order valence-corrected chi connectivity index (χ1v) is 12.8. The van der Waals surface area contributed by atoms with Gasteiger partial charge >= 0.3 is 6.01 Å². The number of benzene rings is 3. The Morgan fingerprint density at radius 3 is 2.65 bits per heavy atom. The van der Waals surface area contributed by atoms with E-state index in [1.165, 1.54) is 6.20 Å². The number of hydrogen-bond donors (Lipinski definition) is 3. The third-order valence-corrected chi connectivity index (χ3v) is 6.31. The Kier molecular flexibility index (Phi) is 8.41. The number of pyridine rings is 1. The van der Waals surface area contributed by atoms with E-state index in [9.17, 15) is 5.11 Å². The summed E-state index contributed by atoms with van der Waals surface area (Å²) < 4.78 is 12.0. The van der Waals surface area contributed by atoms with Crippen LogP contribution in [0.1, 0.15) is 22.3 Å². The predicted octanol–water partition coefficient (Wildman–Crippen LogP) is 5.38. The zero-order chi connectivity index (χ0) is 27.7. The molecule has 5 aromatic rings. The molecular weight excluding hydrogens is 504 g/mol. The van der Waals surface area contributed by atoms with E-state index in [-0.39, 0.29) is 19.2 Å². The van der Waals surface area contributed by atoms with Crippen molar-refractivity contribution in [3.63, 3.8) is 0 Å². The molecule has 40 heavy (non-hydrogen) atoms. The Balaban J connectivity index is 1.34. The van der Waals surface area contributed by atoms with Crippen LogP contribution in [0, 0.1) is 18.3 Å². The number of aliphatic hydroxyl groups is 1. The maximum absolute atomic E-state index is 9.20. The van der Waals surface area contributed by atoms with Crippen molar-refractivity contribution in [1.82, 2.24) is 20.5 Å². The molecule has 0 bridgehead atoms. The second-order valence-corrected chi connectivity index (χ2v) is 9.09. The number of aromatic nitrogens is 3. The number of nitrogens with one attached hydrogen (secondary N) is 2. The standard InChI is InChI=1S/C31H28N6O3/c1-21-27(24-6-3-2-4-7-24)8-5-9-28(21)30-36-37-31(40-30)35-26-10-11-29(25(15-26)19-33-12-13-38)39-20-23-14-22(16-32)17-34-18-23/h2-11,14-15,17-18,33,38H,12-13,19-20H2,1H3,(H,35,37). The normalized spacial score (nSPS) is 10.7. The van der Waals surface area contributed by atoms with Crippen LogP contribution in [0.4, 0.5) is 11.7 Å². The van der Waals surface area contributed by atoms with Crippen molar-refractivity contribution in [2.45, 2.75) is 20.1 Å². The molecule has 0 radical (unpaired) electrons. The van der Waals surface area contributed by atoms with Crippen molar-refractivity contribution in [3.05, 3.63) is 107 Å². The first-order chi connectivity index (χ1) is 19.6. The number of ether oxygens (including phenoxy) is 1. The molecule has 2 heterocycles. The first-order valence-electron chi connectivity index (χ1n) is 12.8. The molecule has 0 unspecified atom stereocenters. The Morgan fingerprint density at radius 2 is 1.82 bits per heavy atom. The van der Waals surface area contributed by atoms with Gasteiger partial charge in [0.2, 0.25) is 5.89 Å². The Bertz CT molecular complexity index is 1630. The maximum Gasteiger partial charge on any atom is 0.320 e. The molecule has 2 aromatic heterocycles. The lowest BCUT2D eigenvalue weighted by Gasteiger charge is -2.14. The molecule has 0 spiro atoms. The molecule has 0 amide bonds. The van der Waals surface area contributed by atoms with Gasteiger partial charge in [0.1, 0.15) is 18.4 Å². The fourth-order valence-corrected chi connectivity index (χ4v) is 4.33. The zero-order valence-corrected chi connectivity index (χ0v) is 22.0. The van der Waals surface area contributed by atoms with Crippen LogP contribution >= 0.6 is 0 Å². The molecular formula is C31H28N6O3. The lowest BCUT2D eigenvalue weighted by molar-refractivity contribution is 0.288. The monoisotopic (exact) mass is 532 g/mol. The highest BCUT2D eigenvalue weighted by Crippen LogP contribution is 2.32. The Morgan fingerprint density at radius 1 is 0.975 bits per heavy atom. The second kappa shape index (κ2) is 12.7. The van der Waals surface area contributed by atoms with Crippen molar-refractivity contribution in [3.8, 4) is 34.4 Å². The van der Waals surface area contributed by atoms with Crippen LogP contribution in [0.2, 0.25) is 0 Å². The molecule has 200 valence electrons. The van der Waals surface area contributed by atoms with E-state index in [0.29, 0.717) is 30.3 Å². The number of rotatable bonds is 11. The van der Waals surface area contributed by atoms with Gasteiger partial charge in [0.15, 0.2) is 0 Å². The number of anilines is 2. The van der Waals surface area contributed by atoms with Crippen molar-refractivity contribution in [2.24, 2.45) is 0 Å². The molecule has 9 heteroatoms. The van der Waals surface area contributed by atoms with Crippen LogP contribution in [-0.2, 0) is 13.2 Å². The highest BCUT2D eigenvalue weighted by molar-refractivity contribution is 5.75. The minimum absolute atomic E-state index is 0.0242. The Hall–Kier alpha value is -5.04. The van der Waals surface area contributed by atoms with Gasteiger partial charge in [0.05, 0.1) is 12.2 Å². The molecule has 5 rings (SSSR count). The zero-order valence-electron chi connectivity index (χ0n) is 22.0. The van der Waals surface area contributed by atoms with E-state index >= 15 is 0 Å². The summed E-state index contributed by atoms with van der Waals surface area (Å²) in [6, 6.07) is 26.0. The van der Waals surface area contributed by atoms with Gasteiger partial charge in [0, 0.05) is 47.9 Å². The summed E-state index contributed by atoms with van der Waals surface area (Å²) in [5.74, 6) is 1.09. The van der Waals surface area contributed by atoms with E-state index in [4.69, 9.17) is 14.4 Å². The summed E-state index contributed by atoms with van der Waals surface area (Å²) in [6.45, 7) is 3.25. The van der Waals surface area contributed by atoms with Gasteiger partial charge in [0.25, 0.3) is 0 Å². The fourth-order valence-electron chi connectivity index (χ4n) is 4.33. The van der Waals surface area contributed by atoms with Crippen LogP contribution in [0.25, 0.3) is 22.6 Å². The largest absolute Gasteiger partial charge is 0.489 e.